The van der Waals surface area contributed by atoms with Gasteiger partial charge in [-0.05, 0) is 62.7 Å². The van der Waals surface area contributed by atoms with E-state index in [1.807, 2.05) is 39.1 Å². The van der Waals surface area contributed by atoms with Gasteiger partial charge in [0.1, 0.15) is 0 Å². The number of aryl methyl sites for hydroxylation is 2. The maximum absolute atomic E-state index is 12.5. The molecule has 6 heteroatoms. The highest BCUT2D eigenvalue weighted by atomic mass is 32.2. The first-order valence-corrected chi connectivity index (χ1v) is 10.9. The minimum atomic E-state index is -3.32. The molecule has 0 bridgehead atoms. The van der Waals surface area contributed by atoms with Gasteiger partial charge in [-0.1, -0.05) is 35.9 Å². The largest absolute Gasteiger partial charge is 0.345 e. The summed E-state index contributed by atoms with van der Waals surface area (Å²) in [5.74, 6) is -0.0556. The van der Waals surface area contributed by atoms with Crippen molar-refractivity contribution < 1.29 is 13.2 Å². The van der Waals surface area contributed by atoms with Gasteiger partial charge in [0, 0.05) is 12.7 Å². The molecule has 0 aliphatic carbocycles. The first-order chi connectivity index (χ1) is 12.7. The number of carbonyl (C=O) groups is 1. The number of benzene rings is 2. The highest BCUT2D eigenvalue weighted by Crippen LogP contribution is 2.27. The van der Waals surface area contributed by atoms with E-state index in [0.29, 0.717) is 6.42 Å². The standard InChI is InChI=1S/C21H28N2O3S/c1-15-10-11-19(16(2)13-15)21(23-20(24)9-6-12-22-3)17-7-5-8-18(14-17)27(4,25)26/h5,7-8,10-11,13-14,21-22H,6,9,12H2,1-4H3,(H,23,24). The van der Waals surface area contributed by atoms with Gasteiger partial charge >= 0.3 is 0 Å². The molecule has 1 amide bonds. The van der Waals surface area contributed by atoms with E-state index in [1.54, 1.807) is 18.2 Å². The number of hydrogen-bond acceptors (Lipinski definition) is 4. The predicted octanol–water partition coefficient (Wildman–Crippen LogP) is 2.91. The van der Waals surface area contributed by atoms with Crippen molar-refractivity contribution in [2.45, 2.75) is 37.6 Å². The van der Waals surface area contributed by atoms with Crippen molar-refractivity contribution in [3.8, 4) is 0 Å². The number of sulfone groups is 1. The summed E-state index contributed by atoms with van der Waals surface area (Å²) in [6.45, 7) is 4.79. The molecule has 0 aromatic heterocycles. The molecule has 0 heterocycles. The Morgan fingerprint density at radius 3 is 2.48 bits per heavy atom. The van der Waals surface area contributed by atoms with Gasteiger partial charge < -0.3 is 10.6 Å². The molecule has 0 saturated carbocycles. The first kappa shape index (κ1) is 21.1. The third kappa shape index (κ3) is 5.91. The third-order valence-electron chi connectivity index (χ3n) is 4.49. The Kier molecular flexibility index (Phi) is 7.16. The summed E-state index contributed by atoms with van der Waals surface area (Å²) in [7, 11) is -1.47. The van der Waals surface area contributed by atoms with E-state index in [-0.39, 0.29) is 10.8 Å². The lowest BCUT2D eigenvalue weighted by atomic mass is 9.93. The number of amides is 1. The second-order valence-corrected chi connectivity index (χ2v) is 8.93. The summed E-state index contributed by atoms with van der Waals surface area (Å²) >= 11 is 0. The molecular formula is C21H28N2O3S. The average molecular weight is 389 g/mol. The van der Waals surface area contributed by atoms with Gasteiger partial charge in [-0.25, -0.2) is 8.42 Å². The Balaban J connectivity index is 2.42. The topological polar surface area (TPSA) is 75.3 Å². The van der Waals surface area contributed by atoms with Gasteiger partial charge in [0.2, 0.25) is 5.91 Å². The number of hydrogen-bond donors (Lipinski definition) is 2. The van der Waals surface area contributed by atoms with Crippen molar-refractivity contribution in [1.82, 2.24) is 10.6 Å². The molecule has 0 fully saturated rings. The van der Waals surface area contributed by atoms with Crippen molar-refractivity contribution in [3.63, 3.8) is 0 Å². The molecule has 2 aromatic rings. The zero-order valence-corrected chi connectivity index (χ0v) is 17.2. The highest BCUT2D eigenvalue weighted by Gasteiger charge is 2.20. The highest BCUT2D eigenvalue weighted by molar-refractivity contribution is 7.90. The van der Waals surface area contributed by atoms with Gasteiger partial charge in [-0.15, -0.1) is 0 Å². The van der Waals surface area contributed by atoms with Gasteiger partial charge in [0.25, 0.3) is 0 Å². The molecule has 0 spiro atoms. The minimum Gasteiger partial charge on any atom is -0.345 e. The smallest absolute Gasteiger partial charge is 0.220 e. The van der Waals surface area contributed by atoms with Crippen LogP contribution in [0.3, 0.4) is 0 Å². The summed E-state index contributed by atoms with van der Waals surface area (Å²) < 4.78 is 23.9. The SMILES string of the molecule is CNCCCC(=O)NC(c1cccc(S(C)(=O)=O)c1)c1ccc(C)cc1C. The first-order valence-electron chi connectivity index (χ1n) is 9.03. The van der Waals surface area contributed by atoms with E-state index in [2.05, 4.69) is 16.7 Å². The van der Waals surface area contributed by atoms with Crippen LogP contribution in [0.15, 0.2) is 47.4 Å². The summed E-state index contributed by atoms with van der Waals surface area (Å²) in [4.78, 5) is 12.7. The fourth-order valence-electron chi connectivity index (χ4n) is 3.07. The normalized spacial score (nSPS) is 12.6. The molecule has 0 radical (unpaired) electrons. The van der Waals surface area contributed by atoms with Gasteiger partial charge in [0.05, 0.1) is 10.9 Å². The van der Waals surface area contributed by atoms with E-state index in [4.69, 9.17) is 0 Å². The Morgan fingerprint density at radius 2 is 1.85 bits per heavy atom. The van der Waals surface area contributed by atoms with Crippen LogP contribution < -0.4 is 10.6 Å². The zero-order chi connectivity index (χ0) is 20.0. The Morgan fingerprint density at radius 1 is 1.11 bits per heavy atom. The monoisotopic (exact) mass is 388 g/mol. The summed E-state index contributed by atoms with van der Waals surface area (Å²) in [5.41, 5.74) is 3.92. The molecule has 1 unspecified atom stereocenters. The fraction of sp³-hybridized carbons (Fsp3) is 0.381. The zero-order valence-electron chi connectivity index (χ0n) is 16.4. The third-order valence-corrected chi connectivity index (χ3v) is 5.60. The van der Waals surface area contributed by atoms with Crippen molar-refractivity contribution in [3.05, 3.63) is 64.7 Å². The molecule has 27 heavy (non-hydrogen) atoms. The van der Waals surface area contributed by atoms with Crippen LogP contribution in [0.1, 0.15) is 41.1 Å². The van der Waals surface area contributed by atoms with Crippen LogP contribution in [0.25, 0.3) is 0 Å². The van der Waals surface area contributed by atoms with Crippen LogP contribution in [-0.4, -0.2) is 34.2 Å². The van der Waals surface area contributed by atoms with Gasteiger partial charge in [-0.3, -0.25) is 4.79 Å². The van der Waals surface area contributed by atoms with Crippen LogP contribution in [0.2, 0.25) is 0 Å². The molecule has 0 saturated heterocycles. The van der Waals surface area contributed by atoms with Gasteiger partial charge in [0.15, 0.2) is 9.84 Å². The van der Waals surface area contributed by atoms with Crippen LogP contribution in [0.5, 0.6) is 0 Å². The minimum absolute atomic E-state index is 0.0556. The van der Waals surface area contributed by atoms with E-state index >= 15 is 0 Å². The maximum Gasteiger partial charge on any atom is 0.220 e. The van der Waals surface area contributed by atoms with E-state index in [1.165, 1.54) is 6.26 Å². The predicted molar refractivity (Wildman–Crippen MR) is 109 cm³/mol. The van der Waals surface area contributed by atoms with Crippen molar-refractivity contribution in [2.24, 2.45) is 0 Å². The van der Waals surface area contributed by atoms with Crippen LogP contribution in [0, 0.1) is 13.8 Å². The molecule has 2 rings (SSSR count). The molecule has 1 atom stereocenters. The van der Waals surface area contributed by atoms with E-state index in [9.17, 15) is 13.2 Å². The van der Waals surface area contributed by atoms with Crippen LogP contribution >= 0.6 is 0 Å². The number of carbonyl (C=O) groups excluding carboxylic acids is 1. The van der Waals surface area contributed by atoms with E-state index < -0.39 is 15.9 Å². The van der Waals surface area contributed by atoms with Crippen molar-refractivity contribution >= 4 is 15.7 Å². The molecular weight excluding hydrogens is 360 g/mol. The molecule has 2 N–H and O–H groups in total. The Hall–Kier alpha value is -2.18. The summed E-state index contributed by atoms with van der Waals surface area (Å²) in [5, 5.41) is 6.12. The molecule has 0 aliphatic heterocycles. The van der Waals surface area contributed by atoms with E-state index in [0.717, 1.165) is 35.2 Å². The Bertz CT molecular complexity index is 907. The lowest BCUT2D eigenvalue weighted by Crippen LogP contribution is -2.30. The van der Waals surface area contributed by atoms with Crippen LogP contribution in [0.4, 0.5) is 0 Å². The summed E-state index contributed by atoms with van der Waals surface area (Å²) in [6.07, 6.45) is 2.34. The second-order valence-electron chi connectivity index (χ2n) is 6.91. The van der Waals surface area contributed by atoms with Crippen molar-refractivity contribution in [2.75, 3.05) is 19.8 Å². The van der Waals surface area contributed by atoms with Crippen LogP contribution in [-0.2, 0) is 14.6 Å². The summed E-state index contributed by atoms with van der Waals surface area (Å²) in [6, 6.07) is 12.5. The maximum atomic E-state index is 12.5. The van der Waals surface area contributed by atoms with Crippen molar-refractivity contribution in [1.29, 1.82) is 0 Å². The molecule has 2 aromatic carbocycles. The number of rotatable bonds is 8. The second kappa shape index (κ2) is 9.15. The quantitative estimate of drug-likeness (QED) is 0.682. The molecule has 5 nitrogen and oxygen atoms in total. The number of nitrogens with one attached hydrogen (secondary N) is 2. The molecule has 0 aliphatic rings. The lowest BCUT2D eigenvalue weighted by Gasteiger charge is -2.22. The Labute approximate surface area is 162 Å². The fourth-order valence-corrected chi connectivity index (χ4v) is 3.75. The van der Waals surface area contributed by atoms with Gasteiger partial charge in [-0.2, -0.15) is 0 Å². The average Bonchev–Trinajstić information content (AvgIpc) is 2.60. The molecule has 146 valence electrons. The lowest BCUT2D eigenvalue weighted by molar-refractivity contribution is -0.121.